The van der Waals surface area contributed by atoms with Crippen LogP contribution in [0.1, 0.15) is 58.2 Å². The van der Waals surface area contributed by atoms with E-state index in [1.807, 2.05) is 0 Å². The zero-order valence-corrected chi connectivity index (χ0v) is 33.7. The first-order valence-electron chi connectivity index (χ1n) is 14.5. The Balaban J connectivity index is 0.000000768. The van der Waals surface area contributed by atoms with Crippen LogP contribution in [-0.2, 0) is 28.8 Å². The van der Waals surface area contributed by atoms with Gasteiger partial charge in [-0.15, -0.1) is 88.2 Å². The van der Waals surface area contributed by atoms with Gasteiger partial charge in [0.15, 0.2) is 0 Å². The minimum absolute atomic E-state index is 0. The molecule has 1 nitrogen and oxygen atoms in total. The van der Waals surface area contributed by atoms with E-state index in [0.717, 1.165) is 0 Å². The number of hydrogen-bond acceptors (Lipinski definition) is 1. The standard InChI is InChI=1S/C21H26N.C17H15.2CH3.2ClH.Si.Zr/c1-14(2)16-12-17-11-15(3)22(20(17)13-16)19-9-7-18(8-10-19)21(4,5)6;1-12-10-16-13(2)8-9-15(17(16)11-12)14-6-4-3-5-7-14;;;;;;/h7-11,13-15H,1-6H3;3-11H,1-2H3;2*1H3;2*1H;;/q4*-1;;;;. The van der Waals surface area contributed by atoms with Crippen LogP contribution in [0.25, 0.3) is 21.9 Å². The monoisotopic (exact) mass is 731 g/mol. The fourth-order valence-electron chi connectivity index (χ4n) is 5.61. The molecule has 1 aliphatic carbocycles. The molecule has 4 aromatic carbocycles. The second kappa shape index (κ2) is 18.3. The summed E-state index contributed by atoms with van der Waals surface area (Å²) in [5.74, 6) is 0.527. The average molecular weight is 734 g/mol. The minimum atomic E-state index is 0. The molecule has 0 N–H and O–H groups in total. The fourth-order valence-corrected chi connectivity index (χ4v) is 5.61. The molecular formula is C40H49Cl2NSiZr-4. The zero-order valence-electron chi connectivity index (χ0n) is 28.6. The van der Waals surface area contributed by atoms with E-state index in [2.05, 4.69) is 164 Å². The fraction of sp³-hybridized carbons (Fsp3) is 0.275. The Labute approximate surface area is 303 Å². The summed E-state index contributed by atoms with van der Waals surface area (Å²) in [6.45, 7) is 20.9. The van der Waals surface area contributed by atoms with Crippen molar-refractivity contribution in [2.24, 2.45) is 5.92 Å². The van der Waals surface area contributed by atoms with Gasteiger partial charge >= 0.3 is 30.2 Å². The van der Waals surface area contributed by atoms with E-state index in [9.17, 15) is 0 Å². The number of nitrogens with zero attached hydrogens (tertiary/aromatic N) is 1. The first kappa shape index (κ1) is 43.0. The van der Waals surface area contributed by atoms with E-state index >= 15 is 0 Å². The molecule has 0 saturated carbocycles. The van der Waals surface area contributed by atoms with Crippen LogP contribution in [0.2, 0.25) is 0 Å². The van der Waals surface area contributed by atoms with Gasteiger partial charge in [-0.25, -0.2) is 0 Å². The molecule has 0 spiro atoms. The van der Waals surface area contributed by atoms with Gasteiger partial charge in [0.1, 0.15) is 0 Å². The molecular weight excluding hydrogens is 685 g/mol. The maximum absolute atomic E-state index is 3.56. The van der Waals surface area contributed by atoms with Crippen molar-refractivity contribution < 1.29 is 23.3 Å². The molecule has 6 rings (SSSR count). The molecule has 4 aromatic rings. The molecule has 1 heterocycles. The van der Waals surface area contributed by atoms with Crippen LogP contribution in [0.4, 0.5) is 5.69 Å². The van der Waals surface area contributed by atoms with Gasteiger partial charge in [0.05, 0.1) is 0 Å². The van der Waals surface area contributed by atoms with Crippen molar-refractivity contribution in [3.8, 4) is 11.1 Å². The molecule has 0 aromatic heterocycles. The number of hydrogen-bond donors (Lipinski definition) is 0. The number of benzene rings is 3. The average Bonchev–Trinajstić information content (AvgIpc) is 3.63. The third-order valence-corrected chi connectivity index (χ3v) is 7.89. The van der Waals surface area contributed by atoms with Crippen molar-refractivity contribution >= 4 is 48.2 Å². The number of allylic oxidation sites excluding steroid dienone is 3. The van der Waals surface area contributed by atoms with Crippen molar-refractivity contribution in [3.63, 3.8) is 0 Å². The molecule has 5 heteroatoms. The molecule has 240 valence electrons. The van der Waals surface area contributed by atoms with E-state index in [1.165, 1.54) is 84.5 Å². The molecule has 1 atom stereocenters. The van der Waals surface area contributed by atoms with Gasteiger partial charge in [0, 0.05) is 11.7 Å². The summed E-state index contributed by atoms with van der Waals surface area (Å²) >= 11 is 1.36. The maximum atomic E-state index is 3.56. The van der Waals surface area contributed by atoms with E-state index in [0.29, 0.717) is 12.0 Å². The Morgan fingerprint density at radius 3 is 2.04 bits per heavy atom. The van der Waals surface area contributed by atoms with E-state index in [4.69, 9.17) is 0 Å². The Morgan fingerprint density at radius 1 is 0.889 bits per heavy atom. The van der Waals surface area contributed by atoms with Crippen LogP contribution < -0.4 is 4.90 Å². The van der Waals surface area contributed by atoms with E-state index in [1.54, 1.807) is 0 Å². The number of rotatable bonds is 3. The van der Waals surface area contributed by atoms with Crippen LogP contribution in [-0.4, -0.2) is 12.9 Å². The van der Waals surface area contributed by atoms with Crippen molar-refractivity contribution in [1.82, 2.24) is 0 Å². The van der Waals surface area contributed by atoms with Crippen LogP contribution in [0, 0.1) is 40.7 Å². The first-order valence-corrected chi connectivity index (χ1v) is 18.7. The molecule has 0 fully saturated rings. The van der Waals surface area contributed by atoms with Crippen molar-refractivity contribution in [1.29, 1.82) is 0 Å². The summed E-state index contributed by atoms with van der Waals surface area (Å²) in [5, 5.41) is 2.75. The molecule has 2 aliphatic rings. The van der Waals surface area contributed by atoms with Gasteiger partial charge in [0.2, 0.25) is 0 Å². The van der Waals surface area contributed by atoms with Crippen LogP contribution in [0.3, 0.4) is 0 Å². The van der Waals surface area contributed by atoms with Gasteiger partial charge in [-0.3, -0.25) is 0 Å². The van der Waals surface area contributed by atoms with Crippen molar-refractivity contribution in [2.45, 2.75) is 66.8 Å². The number of fused-ring (bicyclic) bond motifs is 2. The van der Waals surface area contributed by atoms with Crippen LogP contribution in [0.5, 0.6) is 0 Å². The number of anilines is 1. The predicted molar refractivity (Wildman–Crippen MR) is 202 cm³/mol. The summed E-state index contributed by atoms with van der Waals surface area (Å²) in [5.41, 5.74) is 12.0. The molecule has 0 bridgehead atoms. The van der Waals surface area contributed by atoms with Gasteiger partial charge in [-0.1, -0.05) is 108 Å². The first-order chi connectivity index (χ1) is 19.5. The SMILES string of the molecule is CC(C)C1=[C-]C2=CC(C)N(c3ccc(C(C)(C)C)cc3)C2=C1.Cc1cc2c(-c3ccccc3)ccc(C)c2[cH-]1.Cl.Cl.[CH3-].[CH3-].[Si]=[Zr]. The van der Waals surface area contributed by atoms with Gasteiger partial charge < -0.3 is 19.8 Å². The normalized spacial score (nSPS) is 14.4. The van der Waals surface area contributed by atoms with Gasteiger partial charge in [-0.05, 0) is 41.5 Å². The molecule has 2 radical (unpaired) electrons. The van der Waals surface area contributed by atoms with E-state index in [-0.39, 0.29) is 45.1 Å². The third-order valence-electron chi connectivity index (χ3n) is 7.89. The molecule has 1 unspecified atom stereocenters. The van der Waals surface area contributed by atoms with Crippen LogP contribution >= 0.6 is 24.8 Å². The quantitative estimate of drug-likeness (QED) is 0.150. The molecule has 0 amide bonds. The zero-order chi connectivity index (χ0) is 29.9. The number of halogens is 2. The predicted octanol–water partition coefficient (Wildman–Crippen LogP) is 11.6. The van der Waals surface area contributed by atoms with Crippen molar-refractivity contribution in [3.05, 3.63) is 145 Å². The topological polar surface area (TPSA) is 3.24 Å². The molecule has 0 saturated heterocycles. The summed E-state index contributed by atoms with van der Waals surface area (Å²) in [4.78, 5) is 2.42. The van der Waals surface area contributed by atoms with Crippen molar-refractivity contribution in [2.75, 3.05) is 4.90 Å². The summed E-state index contributed by atoms with van der Waals surface area (Å²) in [6, 6.07) is 29.0. The Morgan fingerprint density at radius 2 is 1.49 bits per heavy atom. The number of aryl methyl sites for hydroxylation is 2. The second-order valence-electron chi connectivity index (χ2n) is 12.4. The molecule has 45 heavy (non-hydrogen) atoms. The summed E-state index contributed by atoms with van der Waals surface area (Å²) < 4.78 is 0. The third kappa shape index (κ3) is 9.74. The second-order valence-corrected chi connectivity index (χ2v) is 12.4. The van der Waals surface area contributed by atoms with E-state index < -0.39 is 0 Å². The Hall–Kier alpha value is -2.03. The van der Waals surface area contributed by atoms with Gasteiger partial charge in [-0.2, -0.15) is 6.07 Å². The Kier molecular flexibility index (Phi) is 17.5. The summed E-state index contributed by atoms with van der Waals surface area (Å²) in [6.07, 6.45) is 8.18. The van der Waals surface area contributed by atoms with Gasteiger partial charge in [0.25, 0.3) is 0 Å². The van der Waals surface area contributed by atoms with Crippen LogP contribution in [0.15, 0.2) is 108 Å². The summed E-state index contributed by atoms with van der Waals surface area (Å²) in [7, 11) is 0. The molecule has 1 aliphatic heterocycles. The Bertz CT molecular complexity index is 1610.